The first kappa shape index (κ1) is 20.9. The van der Waals surface area contributed by atoms with Crippen LogP contribution < -0.4 is 10.2 Å². The van der Waals surface area contributed by atoms with Gasteiger partial charge in [-0.1, -0.05) is 22.0 Å². The lowest BCUT2D eigenvalue weighted by Gasteiger charge is -2.41. The van der Waals surface area contributed by atoms with E-state index in [9.17, 15) is 4.79 Å². The van der Waals surface area contributed by atoms with Crippen LogP contribution in [-0.4, -0.2) is 23.7 Å². The number of carbonyl (C=O) groups excluding carboxylic acids is 1. The van der Waals surface area contributed by atoms with Crippen molar-refractivity contribution < 1.29 is 4.79 Å². The van der Waals surface area contributed by atoms with Gasteiger partial charge in [-0.05, 0) is 98.6 Å². The number of likely N-dealkylation sites (N-methyl/N-ethyl adjacent to an activating group) is 1. The van der Waals surface area contributed by atoms with Gasteiger partial charge in [0.1, 0.15) is 0 Å². The molecule has 4 rings (SSSR count). The van der Waals surface area contributed by atoms with Gasteiger partial charge in [0.15, 0.2) is 5.17 Å². The zero-order valence-electron chi connectivity index (χ0n) is 17.7. The van der Waals surface area contributed by atoms with Crippen LogP contribution in [0, 0.1) is 6.92 Å². The van der Waals surface area contributed by atoms with E-state index in [2.05, 4.69) is 84.1 Å². The van der Waals surface area contributed by atoms with Gasteiger partial charge in [0, 0.05) is 22.8 Å². The summed E-state index contributed by atoms with van der Waals surface area (Å²) in [5.41, 5.74) is 6.67. The van der Waals surface area contributed by atoms with Crippen LogP contribution in [0.25, 0.3) is 11.6 Å². The second kappa shape index (κ2) is 7.75. The van der Waals surface area contributed by atoms with Crippen LogP contribution in [0.3, 0.4) is 0 Å². The predicted octanol–water partition coefficient (Wildman–Crippen LogP) is 6.28. The van der Waals surface area contributed by atoms with Crippen molar-refractivity contribution in [2.45, 2.75) is 33.2 Å². The number of aliphatic imine (C=N–C) groups is 1. The molecule has 6 heteroatoms. The van der Waals surface area contributed by atoms with E-state index < -0.39 is 0 Å². The van der Waals surface area contributed by atoms with Gasteiger partial charge >= 0.3 is 0 Å². The van der Waals surface area contributed by atoms with E-state index in [1.807, 2.05) is 30.3 Å². The van der Waals surface area contributed by atoms with E-state index >= 15 is 0 Å². The number of allylic oxidation sites excluding steroid dienone is 1. The summed E-state index contributed by atoms with van der Waals surface area (Å²) >= 11 is 4.80. The fraction of sp³-hybridized carbons (Fsp3) is 0.250. The molecule has 2 aromatic carbocycles. The topological polar surface area (TPSA) is 44.7 Å². The fourth-order valence-corrected chi connectivity index (χ4v) is 4.82. The third-order valence-corrected chi connectivity index (χ3v) is 7.04. The number of nitrogens with zero attached hydrogens (tertiary/aromatic N) is 2. The molecule has 0 unspecified atom stereocenters. The standard InChI is InChI=1S/C24H24BrN3OS/c1-14-10-20-19(15(2)13-24(3,4)28(20)5)11-16(14)12-21-22(29)27-23(30-21)26-18-8-6-17(25)7-9-18/h6-13H,1-5H3,(H,26,27,29)/b21-12-. The maximum atomic E-state index is 12.5. The number of benzene rings is 2. The second-order valence-corrected chi connectivity index (χ2v) is 10.2. The van der Waals surface area contributed by atoms with Crippen molar-refractivity contribution in [3.05, 3.63) is 68.5 Å². The average molecular weight is 482 g/mol. The van der Waals surface area contributed by atoms with Gasteiger partial charge < -0.3 is 10.2 Å². The van der Waals surface area contributed by atoms with Crippen LogP contribution >= 0.6 is 27.7 Å². The molecule has 4 nitrogen and oxygen atoms in total. The highest BCUT2D eigenvalue weighted by Gasteiger charge is 2.29. The number of halogens is 1. The van der Waals surface area contributed by atoms with Gasteiger partial charge in [0.2, 0.25) is 0 Å². The van der Waals surface area contributed by atoms with Gasteiger partial charge in [-0.2, -0.15) is 0 Å². The lowest BCUT2D eigenvalue weighted by molar-refractivity contribution is -0.115. The molecule has 0 radical (unpaired) electrons. The monoisotopic (exact) mass is 481 g/mol. The van der Waals surface area contributed by atoms with E-state index in [4.69, 9.17) is 0 Å². The summed E-state index contributed by atoms with van der Waals surface area (Å²) in [7, 11) is 2.13. The lowest BCUT2D eigenvalue weighted by Crippen LogP contribution is -2.42. The molecule has 0 aromatic heterocycles. The number of carbonyl (C=O) groups is 1. The first-order valence-corrected chi connectivity index (χ1v) is 11.4. The van der Waals surface area contributed by atoms with Crippen LogP contribution in [0.1, 0.15) is 37.5 Å². The number of amides is 1. The largest absolute Gasteiger partial charge is 0.365 e. The van der Waals surface area contributed by atoms with Crippen LogP contribution in [0.4, 0.5) is 11.4 Å². The molecule has 30 heavy (non-hydrogen) atoms. The van der Waals surface area contributed by atoms with Crippen molar-refractivity contribution >= 4 is 61.8 Å². The van der Waals surface area contributed by atoms with E-state index in [0.29, 0.717) is 10.1 Å². The summed E-state index contributed by atoms with van der Waals surface area (Å²) < 4.78 is 0.997. The van der Waals surface area contributed by atoms with Crippen molar-refractivity contribution in [2.24, 2.45) is 4.99 Å². The van der Waals surface area contributed by atoms with Crippen molar-refractivity contribution in [1.29, 1.82) is 0 Å². The fourth-order valence-electron chi connectivity index (χ4n) is 3.73. The van der Waals surface area contributed by atoms with Crippen LogP contribution in [-0.2, 0) is 4.79 Å². The maximum Gasteiger partial charge on any atom is 0.264 e. The Labute approximate surface area is 190 Å². The number of thioether (sulfide) groups is 1. The Morgan fingerprint density at radius 1 is 1.17 bits per heavy atom. The average Bonchev–Trinajstić information content (AvgIpc) is 3.01. The number of hydrogen-bond acceptors (Lipinski definition) is 4. The minimum absolute atomic E-state index is 0.0247. The number of rotatable bonds is 2. The summed E-state index contributed by atoms with van der Waals surface area (Å²) in [4.78, 5) is 20.0. The zero-order chi connectivity index (χ0) is 21.6. The molecule has 0 atom stereocenters. The van der Waals surface area contributed by atoms with Crippen molar-refractivity contribution in [3.8, 4) is 0 Å². The SMILES string of the molecule is CC1=CC(C)(C)N(C)c2cc(C)c(/C=C3\SC(=Nc4ccc(Br)cc4)NC3=O)cc21. The molecule has 0 spiro atoms. The Hall–Kier alpha value is -2.31. The normalized spacial score (nSPS) is 20.4. The van der Waals surface area contributed by atoms with Crippen molar-refractivity contribution in [3.63, 3.8) is 0 Å². The smallest absolute Gasteiger partial charge is 0.264 e. The summed E-state index contributed by atoms with van der Waals surface area (Å²) in [6.45, 7) is 8.68. The number of hydrogen-bond donors (Lipinski definition) is 1. The molecule has 154 valence electrons. The lowest BCUT2D eigenvalue weighted by atomic mass is 9.87. The molecule has 2 aliphatic rings. The second-order valence-electron chi connectivity index (χ2n) is 8.22. The van der Waals surface area contributed by atoms with Gasteiger partial charge in [0.05, 0.1) is 16.1 Å². The van der Waals surface area contributed by atoms with Crippen molar-refractivity contribution in [2.75, 3.05) is 11.9 Å². The van der Waals surface area contributed by atoms with Gasteiger partial charge in [-0.15, -0.1) is 0 Å². The number of anilines is 1. The van der Waals surface area contributed by atoms with E-state index in [1.165, 1.54) is 28.6 Å². The highest BCUT2D eigenvalue weighted by atomic mass is 79.9. The Balaban J connectivity index is 1.66. The number of fused-ring (bicyclic) bond motifs is 1. The van der Waals surface area contributed by atoms with E-state index in [-0.39, 0.29) is 11.4 Å². The minimum atomic E-state index is -0.113. The van der Waals surface area contributed by atoms with E-state index in [1.54, 1.807) is 0 Å². The predicted molar refractivity (Wildman–Crippen MR) is 132 cm³/mol. The molecular weight excluding hydrogens is 458 g/mol. The molecule has 1 N–H and O–H groups in total. The number of aryl methyl sites for hydroxylation is 1. The third kappa shape index (κ3) is 3.98. The number of nitrogens with one attached hydrogen (secondary N) is 1. The van der Waals surface area contributed by atoms with Crippen LogP contribution in [0.15, 0.2) is 56.8 Å². The molecule has 1 amide bonds. The van der Waals surface area contributed by atoms with Gasteiger partial charge in [-0.25, -0.2) is 4.99 Å². The Bertz CT molecular complexity index is 1130. The Morgan fingerprint density at radius 2 is 1.87 bits per heavy atom. The molecule has 2 aliphatic heterocycles. The first-order chi connectivity index (χ1) is 14.1. The molecule has 1 saturated heterocycles. The molecule has 0 saturated carbocycles. The Morgan fingerprint density at radius 3 is 2.57 bits per heavy atom. The molecule has 0 bridgehead atoms. The van der Waals surface area contributed by atoms with Crippen molar-refractivity contribution in [1.82, 2.24) is 5.32 Å². The third-order valence-electron chi connectivity index (χ3n) is 5.60. The molecular formula is C24H24BrN3OS. The number of amidine groups is 1. The summed E-state index contributed by atoms with van der Waals surface area (Å²) in [6.07, 6.45) is 4.26. The zero-order valence-corrected chi connectivity index (χ0v) is 20.1. The summed E-state index contributed by atoms with van der Waals surface area (Å²) in [5.74, 6) is -0.113. The maximum absolute atomic E-state index is 12.5. The Kier molecular flexibility index (Phi) is 5.41. The molecule has 2 aromatic rings. The highest BCUT2D eigenvalue weighted by Crippen LogP contribution is 2.40. The van der Waals surface area contributed by atoms with Crippen LogP contribution in [0.5, 0.6) is 0 Å². The minimum Gasteiger partial charge on any atom is -0.365 e. The van der Waals surface area contributed by atoms with Crippen LogP contribution in [0.2, 0.25) is 0 Å². The molecule has 0 aliphatic carbocycles. The molecule has 1 fully saturated rings. The highest BCUT2D eigenvalue weighted by molar-refractivity contribution is 9.10. The quantitative estimate of drug-likeness (QED) is 0.513. The summed E-state index contributed by atoms with van der Waals surface area (Å²) in [5, 5.41) is 3.47. The summed E-state index contributed by atoms with van der Waals surface area (Å²) in [6, 6.07) is 12.1. The first-order valence-electron chi connectivity index (χ1n) is 9.77. The van der Waals surface area contributed by atoms with Gasteiger partial charge in [-0.3, -0.25) is 4.79 Å². The van der Waals surface area contributed by atoms with Gasteiger partial charge in [0.25, 0.3) is 5.91 Å². The van der Waals surface area contributed by atoms with E-state index in [0.717, 1.165) is 21.3 Å². The molecule has 2 heterocycles.